The Labute approximate surface area is 63.1 Å². The van der Waals surface area contributed by atoms with Gasteiger partial charge in [0.1, 0.15) is 12.3 Å². The zero-order chi connectivity index (χ0) is 8.85. The second-order valence-electron chi connectivity index (χ2n) is 1.84. The van der Waals surface area contributed by atoms with Gasteiger partial charge in [0, 0.05) is 6.92 Å². The number of nitrogens with one attached hydrogen (secondary N) is 1. The summed E-state index contributed by atoms with van der Waals surface area (Å²) in [6.07, 6.45) is -0.375. The second kappa shape index (κ2) is 4.26. The van der Waals surface area contributed by atoms with E-state index >= 15 is 0 Å². The summed E-state index contributed by atoms with van der Waals surface area (Å²) in [4.78, 5) is 20.2. The molecule has 0 heterocycles. The molecule has 0 rings (SSSR count). The predicted molar refractivity (Wildman–Crippen MR) is 37.7 cm³/mol. The van der Waals surface area contributed by atoms with Crippen molar-refractivity contribution in [2.75, 3.05) is 0 Å². The van der Waals surface area contributed by atoms with Crippen molar-refractivity contribution < 1.29 is 14.7 Å². The van der Waals surface area contributed by atoms with Crippen molar-refractivity contribution in [1.29, 1.82) is 0 Å². The molecule has 0 radical (unpaired) electrons. The van der Waals surface area contributed by atoms with Gasteiger partial charge in [0.15, 0.2) is 0 Å². The van der Waals surface area contributed by atoms with E-state index in [1.54, 1.807) is 0 Å². The van der Waals surface area contributed by atoms with Gasteiger partial charge in [-0.2, -0.15) is 5.10 Å². The molecule has 62 valence electrons. The van der Waals surface area contributed by atoms with Crippen LogP contribution in [-0.4, -0.2) is 22.8 Å². The van der Waals surface area contributed by atoms with E-state index in [-0.39, 0.29) is 12.3 Å². The normalized spacial score (nSPS) is 10.8. The molecule has 0 fully saturated rings. The maximum atomic E-state index is 10.2. The van der Waals surface area contributed by atoms with Crippen LogP contribution < -0.4 is 11.2 Å². The molecule has 0 aliphatic rings. The van der Waals surface area contributed by atoms with Crippen LogP contribution in [0.3, 0.4) is 0 Å². The van der Waals surface area contributed by atoms with Crippen LogP contribution in [0.5, 0.6) is 0 Å². The minimum absolute atomic E-state index is 0.132. The molecular formula is C5H9N3O3. The monoisotopic (exact) mass is 159 g/mol. The fraction of sp³-hybridized carbons (Fsp3) is 0.400. The minimum Gasteiger partial charge on any atom is -0.481 e. The summed E-state index contributed by atoms with van der Waals surface area (Å²) in [5, 5.41) is 11.5. The molecule has 0 unspecified atom stereocenters. The van der Waals surface area contributed by atoms with Gasteiger partial charge < -0.3 is 10.8 Å². The summed E-state index contributed by atoms with van der Waals surface area (Å²) < 4.78 is 0. The second-order valence-corrected chi connectivity index (χ2v) is 1.84. The Balaban J connectivity index is 3.81. The van der Waals surface area contributed by atoms with Crippen LogP contribution in [0.25, 0.3) is 0 Å². The first-order valence-electron chi connectivity index (χ1n) is 2.82. The van der Waals surface area contributed by atoms with Gasteiger partial charge >= 0.3 is 5.97 Å². The van der Waals surface area contributed by atoms with Gasteiger partial charge in [-0.15, -0.1) is 0 Å². The standard InChI is InChI=1S/C5H9N3O3/c1-3(9)7-8-4(6)2-5(10)11/h2H2,1H3,(H2,6,8)(H,7,9)(H,10,11). The number of aliphatic carboxylic acids is 1. The molecule has 0 saturated heterocycles. The molecule has 0 aromatic rings. The molecule has 0 spiro atoms. The maximum absolute atomic E-state index is 10.2. The average Bonchev–Trinajstić information content (AvgIpc) is 1.82. The highest BCUT2D eigenvalue weighted by molar-refractivity contribution is 5.96. The number of rotatable bonds is 3. The number of carbonyl (C=O) groups is 2. The largest absolute Gasteiger partial charge is 0.481 e. The molecule has 0 aromatic heterocycles. The van der Waals surface area contributed by atoms with Crippen molar-refractivity contribution in [2.45, 2.75) is 13.3 Å². The van der Waals surface area contributed by atoms with Gasteiger partial charge in [-0.05, 0) is 0 Å². The Morgan fingerprint density at radius 1 is 1.64 bits per heavy atom. The summed E-state index contributed by atoms with van der Waals surface area (Å²) in [5.74, 6) is -1.61. The number of nitrogens with zero attached hydrogens (tertiary/aromatic N) is 1. The molecule has 0 aliphatic heterocycles. The van der Waals surface area contributed by atoms with Crippen molar-refractivity contribution in [3.05, 3.63) is 0 Å². The first kappa shape index (κ1) is 9.41. The molecular weight excluding hydrogens is 150 g/mol. The fourth-order valence-electron chi connectivity index (χ4n) is 0.345. The lowest BCUT2D eigenvalue weighted by atomic mass is 10.4. The van der Waals surface area contributed by atoms with Gasteiger partial charge in [0.05, 0.1) is 0 Å². The van der Waals surface area contributed by atoms with Gasteiger partial charge in [-0.1, -0.05) is 0 Å². The lowest BCUT2D eigenvalue weighted by molar-refractivity contribution is -0.135. The number of amides is 1. The number of hydrogen-bond donors (Lipinski definition) is 3. The van der Waals surface area contributed by atoms with E-state index in [0.717, 1.165) is 0 Å². The third-order valence-corrected chi connectivity index (χ3v) is 0.689. The van der Waals surface area contributed by atoms with Crippen LogP contribution in [0, 0.1) is 0 Å². The Kier molecular flexibility index (Phi) is 3.65. The van der Waals surface area contributed by atoms with Crippen LogP contribution in [-0.2, 0) is 9.59 Å². The zero-order valence-corrected chi connectivity index (χ0v) is 6.00. The Morgan fingerprint density at radius 3 is 2.55 bits per heavy atom. The molecule has 11 heavy (non-hydrogen) atoms. The summed E-state index contributed by atoms with van der Waals surface area (Å²) in [6.45, 7) is 1.25. The zero-order valence-electron chi connectivity index (χ0n) is 6.00. The average molecular weight is 159 g/mol. The molecule has 6 nitrogen and oxygen atoms in total. The lowest BCUT2D eigenvalue weighted by Gasteiger charge is -1.95. The minimum atomic E-state index is -1.09. The number of carboxylic acids is 1. The van der Waals surface area contributed by atoms with Gasteiger partial charge in [-0.3, -0.25) is 9.59 Å². The molecule has 0 atom stereocenters. The summed E-state index contributed by atoms with van der Waals surface area (Å²) in [5.41, 5.74) is 7.09. The smallest absolute Gasteiger partial charge is 0.311 e. The van der Waals surface area contributed by atoms with E-state index < -0.39 is 11.9 Å². The lowest BCUT2D eigenvalue weighted by Crippen LogP contribution is -2.23. The molecule has 0 bridgehead atoms. The van der Waals surface area contributed by atoms with Gasteiger partial charge in [-0.25, -0.2) is 5.43 Å². The number of carboxylic acid groups (broad SMARTS) is 1. The van der Waals surface area contributed by atoms with E-state index in [1.807, 2.05) is 5.43 Å². The van der Waals surface area contributed by atoms with E-state index in [4.69, 9.17) is 10.8 Å². The third kappa shape index (κ3) is 6.29. The number of carbonyl (C=O) groups excluding carboxylic acids is 1. The van der Waals surface area contributed by atoms with E-state index in [2.05, 4.69) is 5.10 Å². The Morgan fingerprint density at radius 2 is 2.18 bits per heavy atom. The SMILES string of the molecule is CC(=O)N/N=C(\N)CC(=O)O. The van der Waals surface area contributed by atoms with Crippen LogP contribution in [0.4, 0.5) is 0 Å². The first-order chi connectivity index (χ1) is 5.02. The quantitative estimate of drug-likeness (QED) is 0.275. The molecule has 0 aromatic carbocycles. The van der Waals surface area contributed by atoms with Gasteiger partial charge in [0.2, 0.25) is 5.91 Å². The third-order valence-electron chi connectivity index (χ3n) is 0.689. The van der Waals surface area contributed by atoms with Crippen LogP contribution >= 0.6 is 0 Å². The first-order valence-corrected chi connectivity index (χ1v) is 2.82. The molecule has 0 aliphatic carbocycles. The maximum Gasteiger partial charge on any atom is 0.311 e. The number of hydrogen-bond acceptors (Lipinski definition) is 3. The highest BCUT2D eigenvalue weighted by Crippen LogP contribution is 1.77. The highest BCUT2D eigenvalue weighted by Gasteiger charge is 2.00. The number of hydrazone groups is 1. The van der Waals surface area contributed by atoms with Crippen molar-refractivity contribution in [2.24, 2.45) is 10.8 Å². The summed E-state index contributed by atoms with van der Waals surface area (Å²) in [7, 11) is 0. The fourth-order valence-corrected chi connectivity index (χ4v) is 0.345. The van der Waals surface area contributed by atoms with Crippen molar-refractivity contribution in [3.63, 3.8) is 0 Å². The Hall–Kier alpha value is -1.59. The Bertz CT molecular complexity index is 199. The van der Waals surface area contributed by atoms with Crippen LogP contribution in [0.1, 0.15) is 13.3 Å². The topological polar surface area (TPSA) is 105 Å². The predicted octanol–water partition coefficient (Wildman–Crippen LogP) is -1.13. The van der Waals surface area contributed by atoms with Crippen LogP contribution in [0.2, 0.25) is 0 Å². The highest BCUT2D eigenvalue weighted by atomic mass is 16.4. The van der Waals surface area contributed by atoms with E-state index in [0.29, 0.717) is 0 Å². The summed E-state index contributed by atoms with van der Waals surface area (Å²) in [6, 6.07) is 0. The summed E-state index contributed by atoms with van der Waals surface area (Å²) >= 11 is 0. The molecule has 4 N–H and O–H groups in total. The van der Waals surface area contributed by atoms with E-state index in [1.165, 1.54) is 6.92 Å². The molecule has 0 saturated carbocycles. The number of amidine groups is 1. The molecule has 1 amide bonds. The number of nitrogens with two attached hydrogens (primary N) is 1. The van der Waals surface area contributed by atoms with Crippen LogP contribution in [0.15, 0.2) is 5.10 Å². The van der Waals surface area contributed by atoms with Crippen molar-refractivity contribution in [3.8, 4) is 0 Å². The van der Waals surface area contributed by atoms with Crippen molar-refractivity contribution in [1.82, 2.24) is 5.43 Å². The molecule has 6 heteroatoms. The van der Waals surface area contributed by atoms with Crippen molar-refractivity contribution >= 4 is 17.7 Å². The van der Waals surface area contributed by atoms with E-state index in [9.17, 15) is 9.59 Å². The van der Waals surface area contributed by atoms with Gasteiger partial charge in [0.25, 0.3) is 0 Å².